The number of nitrogens with one attached hydrogen (secondary N) is 1. The van der Waals surface area contributed by atoms with Crippen LogP contribution >= 0.6 is 0 Å². The van der Waals surface area contributed by atoms with Crippen molar-refractivity contribution in [3.63, 3.8) is 0 Å². The molecule has 0 saturated heterocycles. The normalized spacial score (nSPS) is 13.0. The lowest BCUT2D eigenvalue weighted by atomic mass is 10.2. The van der Waals surface area contributed by atoms with Crippen LogP contribution in [0.4, 0.5) is 0 Å². The van der Waals surface area contributed by atoms with E-state index in [0.717, 1.165) is 12.1 Å². The number of ether oxygens (including phenoxy) is 1. The zero-order valence-electron chi connectivity index (χ0n) is 11.8. The number of aliphatic imine (C=N–C) groups is 1. The van der Waals surface area contributed by atoms with E-state index in [2.05, 4.69) is 10.3 Å². The first-order valence-corrected chi connectivity index (χ1v) is 6.45. The van der Waals surface area contributed by atoms with E-state index >= 15 is 0 Å². The molecule has 1 aromatic rings. The second kappa shape index (κ2) is 8.16. The van der Waals surface area contributed by atoms with Gasteiger partial charge in [0.15, 0.2) is 0 Å². The van der Waals surface area contributed by atoms with Crippen molar-refractivity contribution >= 4 is 11.8 Å². The van der Waals surface area contributed by atoms with Crippen molar-refractivity contribution in [2.24, 2.45) is 16.6 Å². The minimum absolute atomic E-state index is 0.139. The number of nitrogens with zero attached hydrogens (tertiary/aromatic N) is 1. The Labute approximate surface area is 118 Å². The Morgan fingerprint density at radius 1 is 1.45 bits per heavy atom. The average molecular weight is 279 g/mol. The average Bonchev–Trinajstić information content (AvgIpc) is 2.45. The fraction of sp³-hybridized carbons (Fsp3) is 0.429. The summed E-state index contributed by atoms with van der Waals surface area (Å²) in [6.45, 7) is 3.13. The maximum atomic E-state index is 10.7. The second-order valence-corrected chi connectivity index (χ2v) is 4.45. The fourth-order valence-electron chi connectivity index (χ4n) is 1.39. The van der Waals surface area contributed by atoms with E-state index in [0.29, 0.717) is 18.1 Å². The molecule has 0 radical (unpaired) electrons. The summed E-state index contributed by atoms with van der Waals surface area (Å²) in [5, 5.41) is 11.8. The number of benzene rings is 1. The van der Waals surface area contributed by atoms with Crippen LogP contribution in [0.15, 0.2) is 29.3 Å². The topological polar surface area (TPSA) is 96.9 Å². The van der Waals surface area contributed by atoms with Gasteiger partial charge in [0.2, 0.25) is 0 Å². The molecular weight excluding hydrogens is 258 g/mol. The number of likely N-dealkylation sites (N-methyl/N-ethyl adjacent to an activating group) is 1. The van der Waals surface area contributed by atoms with Gasteiger partial charge in [-0.3, -0.25) is 9.79 Å². The summed E-state index contributed by atoms with van der Waals surface area (Å²) in [5.41, 5.74) is 6.67. The molecule has 110 valence electrons. The molecule has 0 fully saturated rings. The third-order valence-corrected chi connectivity index (χ3v) is 2.72. The van der Waals surface area contributed by atoms with Crippen LogP contribution in [0.3, 0.4) is 0 Å². The number of hydrogen-bond donors (Lipinski definition) is 3. The van der Waals surface area contributed by atoms with Crippen LogP contribution < -0.4 is 15.8 Å². The van der Waals surface area contributed by atoms with E-state index < -0.39 is 11.9 Å². The Morgan fingerprint density at radius 3 is 2.65 bits per heavy atom. The molecule has 6 heteroatoms. The third kappa shape index (κ3) is 5.27. The van der Waals surface area contributed by atoms with Gasteiger partial charge in [0.25, 0.3) is 0 Å². The minimum Gasteiger partial charge on any atom is -0.493 e. The lowest BCUT2D eigenvalue weighted by Gasteiger charge is -2.09. The maximum absolute atomic E-state index is 10.7. The first-order valence-electron chi connectivity index (χ1n) is 6.45. The first-order chi connectivity index (χ1) is 9.54. The van der Waals surface area contributed by atoms with E-state index in [4.69, 9.17) is 15.6 Å². The number of rotatable bonds is 8. The second-order valence-electron chi connectivity index (χ2n) is 4.45. The highest BCUT2D eigenvalue weighted by Crippen LogP contribution is 2.13. The number of aliphatic carboxylic acids is 1. The van der Waals surface area contributed by atoms with Crippen molar-refractivity contribution in [3.05, 3.63) is 29.8 Å². The lowest BCUT2D eigenvalue weighted by molar-refractivity contribution is -0.142. The monoisotopic (exact) mass is 279 g/mol. The lowest BCUT2D eigenvalue weighted by Crippen LogP contribution is -2.18. The van der Waals surface area contributed by atoms with Gasteiger partial charge in [-0.25, -0.2) is 0 Å². The number of amidine groups is 1. The van der Waals surface area contributed by atoms with Gasteiger partial charge in [-0.05, 0) is 38.2 Å². The zero-order chi connectivity index (χ0) is 15.0. The number of nitrogens with two attached hydrogens (primary N) is 1. The van der Waals surface area contributed by atoms with Gasteiger partial charge < -0.3 is 20.9 Å². The molecular formula is C14H21N3O3. The summed E-state index contributed by atoms with van der Waals surface area (Å²) in [5.74, 6) is -0.319. The summed E-state index contributed by atoms with van der Waals surface area (Å²) >= 11 is 0. The Morgan fingerprint density at radius 2 is 2.10 bits per heavy atom. The van der Waals surface area contributed by atoms with Crippen LogP contribution in [0, 0.1) is 5.92 Å². The van der Waals surface area contributed by atoms with Gasteiger partial charge in [0.1, 0.15) is 18.2 Å². The molecule has 6 nitrogen and oxygen atoms in total. The summed E-state index contributed by atoms with van der Waals surface area (Å²) in [6.07, 6.45) is 0. The molecule has 1 rings (SSSR count). The van der Waals surface area contributed by atoms with Crippen LogP contribution in [0.1, 0.15) is 12.5 Å². The molecule has 0 aliphatic rings. The molecule has 0 aromatic heterocycles. The van der Waals surface area contributed by atoms with E-state index in [1.165, 1.54) is 0 Å². The van der Waals surface area contributed by atoms with Crippen LogP contribution in [-0.4, -0.2) is 43.7 Å². The van der Waals surface area contributed by atoms with Gasteiger partial charge in [-0.2, -0.15) is 0 Å². The number of hydrogen-bond acceptors (Lipinski definition) is 4. The van der Waals surface area contributed by atoms with Crippen LogP contribution in [0.2, 0.25) is 0 Å². The smallest absolute Gasteiger partial charge is 0.309 e. The third-order valence-electron chi connectivity index (χ3n) is 2.72. The van der Waals surface area contributed by atoms with Crippen molar-refractivity contribution in [1.82, 2.24) is 5.32 Å². The van der Waals surface area contributed by atoms with Crippen LogP contribution in [0.5, 0.6) is 5.75 Å². The highest BCUT2D eigenvalue weighted by atomic mass is 16.5. The van der Waals surface area contributed by atoms with Gasteiger partial charge >= 0.3 is 5.97 Å². The molecule has 0 unspecified atom stereocenters. The number of carboxylic acid groups (broad SMARTS) is 1. The molecule has 1 atom stereocenters. The Bertz CT molecular complexity index is 457. The molecule has 0 saturated carbocycles. The molecule has 0 heterocycles. The van der Waals surface area contributed by atoms with Crippen LogP contribution in [-0.2, 0) is 4.79 Å². The summed E-state index contributed by atoms with van der Waals surface area (Å²) in [6, 6.07) is 7.12. The molecule has 0 aliphatic heterocycles. The van der Waals surface area contributed by atoms with Gasteiger partial charge in [-0.15, -0.1) is 0 Å². The molecule has 0 bridgehead atoms. The highest BCUT2D eigenvalue weighted by Gasteiger charge is 2.11. The van der Waals surface area contributed by atoms with Crippen molar-refractivity contribution < 1.29 is 14.6 Å². The Hall–Kier alpha value is -2.08. The van der Waals surface area contributed by atoms with Crippen molar-refractivity contribution in [2.45, 2.75) is 6.92 Å². The SMILES string of the molecule is CNCCN=C(N)c1ccc(OC[C@H](C)C(=O)O)cc1. The molecule has 0 spiro atoms. The van der Waals surface area contributed by atoms with E-state index in [1.54, 1.807) is 31.2 Å². The van der Waals surface area contributed by atoms with E-state index in [9.17, 15) is 4.79 Å². The van der Waals surface area contributed by atoms with Gasteiger partial charge in [0.05, 0.1) is 12.5 Å². The summed E-state index contributed by atoms with van der Waals surface area (Å²) in [7, 11) is 1.86. The molecule has 1 aromatic carbocycles. The van der Waals surface area contributed by atoms with Gasteiger partial charge in [-0.1, -0.05) is 0 Å². The fourth-order valence-corrected chi connectivity index (χ4v) is 1.39. The van der Waals surface area contributed by atoms with E-state index in [1.807, 2.05) is 7.05 Å². The molecule has 4 N–H and O–H groups in total. The van der Waals surface area contributed by atoms with Crippen molar-refractivity contribution in [3.8, 4) is 5.75 Å². The summed E-state index contributed by atoms with van der Waals surface area (Å²) in [4.78, 5) is 14.9. The number of carboxylic acids is 1. The highest BCUT2D eigenvalue weighted by molar-refractivity contribution is 5.97. The Kier molecular flexibility index (Phi) is 6.52. The standard InChI is InChI=1S/C14H21N3O3/c1-10(14(18)19)9-20-12-5-3-11(4-6-12)13(15)17-8-7-16-2/h3-6,10,16H,7-9H2,1-2H3,(H2,15,17)(H,18,19)/t10-/m0/s1. The largest absolute Gasteiger partial charge is 0.493 e. The predicted molar refractivity (Wildman–Crippen MR) is 78.3 cm³/mol. The van der Waals surface area contributed by atoms with Crippen molar-refractivity contribution in [1.29, 1.82) is 0 Å². The quantitative estimate of drug-likeness (QED) is 0.370. The minimum atomic E-state index is -0.873. The van der Waals surface area contributed by atoms with Crippen LogP contribution in [0.25, 0.3) is 0 Å². The zero-order valence-corrected chi connectivity index (χ0v) is 11.8. The molecule has 20 heavy (non-hydrogen) atoms. The van der Waals surface area contributed by atoms with Crippen molar-refractivity contribution in [2.75, 3.05) is 26.7 Å². The number of carbonyl (C=O) groups is 1. The molecule has 0 amide bonds. The molecule has 0 aliphatic carbocycles. The first kappa shape index (κ1) is 16.0. The summed E-state index contributed by atoms with van der Waals surface area (Å²) < 4.78 is 5.39. The maximum Gasteiger partial charge on any atom is 0.309 e. The van der Waals surface area contributed by atoms with Gasteiger partial charge in [0, 0.05) is 12.1 Å². The Balaban J connectivity index is 2.55. The van der Waals surface area contributed by atoms with E-state index in [-0.39, 0.29) is 6.61 Å². The predicted octanol–water partition coefficient (Wildman–Crippen LogP) is 0.711.